The Morgan fingerprint density at radius 3 is 2.30 bits per heavy atom. The fraction of sp³-hybridized carbons (Fsp3) is 0.875. The lowest BCUT2D eigenvalue weighted by molar-refractivity contribution is -0.332. The molecule has 0 fully saturated rings. The van der Waals surface area contributed by atoms with Crippen LogP contribution in [-0.2, 0) is 9.78 Å². The molecule has 0 aromatic rings. The van der Waals surface area contributed by atoms with Gasteiger partial charge in [-0.15, -0.1) is 0 Å². The van der Waals surface area contributed by atoms with E-state index >= 15 is 0 Å². The summed E-state index contributed by atoms with van der Waals surface area (Å²) in [6.07, 6.45) is 1.82. The number of rotatable bonds is 5. The number of hydrogen-bond acceptors (Lipinski definition) is 2. The van der Waals surface area contributed by atoms with Gasteiger partial charge in [-0.1, -0.05) is 13.8 Å². The van der Waals surface area contributed by atoms with E-state index in [2.05, 4.69) is 6.92 Å². The van der Waals surface area contributed by atoms with Gasteiger partial charge in [-0.05, 0) is 26.7 Å². The van der Waals surface area contributed by atoms with Crippen LogP contribution >= 0.6 is 0 Å². The van der Waals surface area contributed by atoms with Gasteiger partial charge in [-0.2, -0.15) is 0 Å². The summed E-state index contributed by atoms with van der Waals surface area (Å²) < 4.78 is 0. The molecule has 2 heteroatoms. The van der Waals surface area contributed by atoms with Gasteiger partial charge in [0.15, 0.2) is 0 Å². The third-order valence-electron chi connectivity index (χ3n) is 1.36. The maximum atomic E-state index is 5.06. The molecule has 0 spiro atoms. The lowest BCUT2D eigenvalue weighted by atomic mass is 10.1. The van der Waals surface area contributed by atoms with Crippen molar-refractivity contribution in [2.24, 2.45) is 0 Å². The van der Waals surface area contributed by atoms with Crippen LogP contribution in [0.3, 0.4) is 0 Å². The van der Waals surface area contributed by atoms with Crippen molar-refractivity contribution in [1.82, 2.24) is 0 Å². The molecule has 10 heavy (non-hydrogen) atoms. The van der Waals surface area contributed by atoms with Crippen LogP contribution in [0.25, 0.3) is 0 Å². The average Bonchev–Trinajstić information content (AvgIpc) is 1.89. The summed E-state index contributed by atoms with van der Waals surface area (Å²) >= 11 is 0. The van der Waals surface area contributed by atoms with E-state index in [0.717, 1.165) is 12.8 Å². The van der Waals surface area contributed by atoms with E-state index in [4.69, 9.17) is 9.78 Å². The summed E-state index contributed by atoms with van der Waals surface area (Å²) in [7, 11) is 0. The summed E-state index contributed by atoms with van der Waals surface area (Å²) in [6, 6.07) is 0. The lowest BCUT2D eigenvalue weighted by Crippen LogP contribution is -2.22. The highest BCUT2D eigenvalue weighted by atomic mass is 17.2. The largest absolute Gasteiger partial charge is 0.230 e. The van der Waals surface area contributed by atoms with E-state index in [9.17, 15) is 0 Å². The second kappa shape index (κ2) is 4.69. The van der Waals surface area contributed by atoms with Gasteiger partial charge in [0.05, 0.1) is 5.60 Å². The van der Waals surface area contributed by atoms with Gasteiger partial charge in [0.1, 0.15) is 6.61 Å². The second-order valence-corrected chi connectivity index (χ2v) is 2.87. The highest BCUT2D eigenvalue weighted by Crippen LogP contribution is 2.14. The van der Waals surface area contributed by atoms with Gasteiger partial charge in [-0.25, -0.2) is 9.78 Å². The first-order valence-corrected chi connectivity index (χ1v) is 3.78. The van der Waals surface area contributed by atoms with Crippen LogP contribution in [0.5, 0.6) is 0 Å². The predicted molar refractivity (Wildman–Crippen MR) is 41.1 cm³/mol. The molecule has 0 amide bonds. The average molecular weight is 145 g/mol. The standard InChI is InChI=1S/C8H17O2/c1-5-7-9-10-8(3,4)6-2/h7H,5-6H2,1-4H3. The molecule has 2 nitrogen and oxygen atoms in total. The molecule has 0 unspecified atom stereocenters. The minimum atomic E-state index is -0.161. The molecule has 0 saturated heterocycles. The Bertz CT molecular complexity index is 79.3. The SMILES string of the molecule is CC[CH]OOC(C)(C)CC. The summed E-state index contributed by atoms with van der Waals surface area (Å²) in [5.41, 5.74) is -0.161. The van der Waals surface area contributed by atoms with Crippen molar-refractivity contribution in [3.05, 3.63) is 6.61 Å². The maximum absolute atomic E-state index is 5.06. The van der Waals surface area contributed by atoms with E-state index in [0.29, 0.717) is 0 Å². The Hall–Kier alpha value is -0.0800. The minimum absolute atomic E-state index is 0.161. The molecule has 61 valence electrons. The van der Waals surface area contributed by atoms with E-state index in [-0.39, 0.29) is 5.60 Å². The van der Waals surface area contributed by atoms with Crippen LogP contribution in [0.2, 0.25) is 0 Å². The van der Waals surface area contributed by atoms with Gasteiger partial charge in [0.2, 0.25) is 0 Å². The fourth-order valence-corrected chi connectivity index (χ4v) is 0.291. The Labute approximate surface area is 63.5 Å². The van der Waals surface area contributed by atoms with Crippen LogP contribution in [0.15, 0.2) is 0 Å². The fourth-order valence-electron chi connectivity index (χ4n) is 0.291. The van der Waals surface area contributed by atoms with Crippen molar-refractivity contribution in [2.45, 2.75) is 46.1 Å². The molecule has 0 aliphatic heterocycles. The molecule has 0 saturated carbocycles. The molecular weight excluding hydrogens is 128 g/mol. The van der Waals surface area contributed by atoms with Crippen LogP contribution in [0.1, 0.15) is 40.5 Å². The van der Waals surface area contributed by atoms with Gasteiger partial charge < -0.3 is 0 Å². The zero-order valence-electron chi connectivity index (χ0n) is 7.31. The van der Waals surface area contributed by atoms with Crippen molar-refractivity contribution in [3.63, 3.8) is 0 Å². The van der Waals surface area contributed by atoms with Crippen LogP contribution in [0, 0.1) is 6.61 Å². The molecule has 1 radical (unpaired) electrons. The Morgan fingerprint density at radius 1 is 1.30 bits per heavy atom. The molecule has 0 atom stereocenters. The molecule has 0 heterocycles. The summed E-state index contributed by atoms with van der Waals surface area (Å²) in [4.78, 5) is 9.88. The van der Waals surface area contributed by atoms with Crippen molar-refractivity contribution in [1.29, 1.82) is 0 Å². The molecule has 0 rings (SSSR count). The van der Waals surface area contributed by atoms with E-state index in [1.165, 1.54) is 0 Å². The van der Waals surface area contributed by atoms with Crippen molar-refractivity contribution in [3.8, 4) is 0 Å². The zero-order chi connectivity index (χ0) is 8.04. The zero-order valence-corrected chi connectivity index (χ0v) is 7.31. The molecule has 0 bridgehead atoms. The van der Waals surface area contributed by atoms with E-state index in [1.807, 2.05) is 20.8 Å². The summed E-state index contributed by atoms with van der Waals surface area (Å²) in [5.74, 6) is 0. The van der Waals surface area contributed by atoms with Gasteiger partial charge in [-0.3, -0.25) is 0 Å². The Kier molecular flexibility index (Phi) is 4.65. The highest BCUT2D eigenvalue weighted by molar-refractivity contribution is 4.62. The Balaban J connectivity index is 3.28. The molecule has 0 aliphatic rings. The smallest absolute Gasteiger partial charge is 0.122 e. The van der Waals surface area contributed by atoms with Crippen molar-refractivity contribution < 1.29 is 9.78 Å². The first kappa shape index (κ1) is 9.92. The first-order chi connectivity index (χ1) is 4.62. The third-order valence-corrected chi connectivity index (χ3v) is 1.36. The first-order valence-electron chi connectivity index (χ1n) is 3.78. The van der Waals surface area contributed by atoms with Crippen LogP contribution < -0.4 is 0 Å². The normalized spacial score (nSPS) is 12.0. The predicted octanol–water partition coefficient (Wildman–Crippen LogP) is 2.69. The molecular formula is C8H17O2. The van der Waals surface area contributed by atoms with Crippen molar-refractivity contribution in [2.75, 3.05) is 0 Å². The van der Waals surface area contributed by atoms with Gasteiger partial charge in [0, 0.05) is 0 Å². The summed E-state index contributed by atoms with van der Waals surface area (Å²) in [5, 5.41) is 0. The molecule has 0 N–H and O–H groups in total. The van der Waals surface area contributed by atoms with E-state index in [1.54, 1.807) is 6.61 Å². The van der Waals surface area contributed by atoms with Gasteiger partial charge >= 0.3 is 0 Å². The minimum Gasteiger partial charge on any atom is -0.230 e. The maximum Gasteiger partial charge on any atom is 0.122 e. The second-order valence-electron chi connectivity index (χ2n) is 2.87. The van der Waals surface area contributed by atoms with Crippen LogP contribution in [0.4, 0.5) is 0 Å². The molecule has 0 aromatic heterocycles. The molecule has 0 aromatic carbocycles. The van der Waals surface area contributed by atoms with E-state index < -0.39 is 0 Å². The third kappa shape index (κ3) is 4.77. The Morgan fingerprint density at radius 2 is 1.90 bits per heavy atom. The molecule has 0 aliphatic carbocycles. The van der Waals surface area contributed by atoms with Crippen molar-refractivity contribution >= 4 is 0 Å². The number of hydrogen-bond donors (Lipinski definition) is 0. The van der Waals surface area contributed by atoms with Crippen LogP contribution in [-0.4, -0.2) is 5.60 Å². The quantitative estimate of drug-likeness (QED) is 0.336. The lowest BCUT2D eigenvalue weighted by Gasteiger charge is -2.20. The topological polar surface area (TPSA) is 18.5 Å². The summed E-state index contributed by atoms with van der Waals surface area (Å²) in [6.45, 7) is 9.71. The van der Waals surface area contributed by atoms with Gasteiger partial charge in [0.25, 0.3) is 0 Å². The monoisotopic (exact) mass is 145 g/mol. The highest BCUT2D eigenvalue weighted by Gasteiger charge is 2.16.